The first-order valence-electron chi connectivity index (χ1n) is 11.1. The largest absolute Gasteiger partial charge is 0.372 e. The standard InChI is InChI=1S/C27H27N2OS2/c1-3-28-22-9-5-7-11-24(22)31-26(28)15-13-20-17-21(19-30-18-20)14-16-27-29(4-2)23-10-6-8-12-25(23)32-27/h5-17H,3-4,18-19H2,1-2H3/q+1. The van der Waals surface area contributed by atoms with Crippen LogP contribution in [0, 0.1) is 0 Å². The zero-order valence-corrected chi connectivity index (χ0v) is 20.1. The molecule has 1 aromatic heterocycles. The summed E-state index contributed by atoms with van der Waals surface area (Å²) in [6.45, 7) is 7.64. The van der Waals surface area contributed by atoms with Gasteiger partial charge in [-0.15, -0.1) is 0 Å². The van der Waals surface area contributed by atoms with Crippen LogP contribution in [0.15, 0.2) is 93.9 Å². The fourth-order valence-corrected chi connectivity index (χ4v) is 6.42. The van der Waals surface area contributed by atoms with Gasteiger partial charge in [-0.3, -0.25) is 0 Å². The Bertz CT molecular complexity index is 1270. The highest BCUT2D eigenvalue weighted by atomic mass is 32.2. The summed E-state index contributed by atoms with van der Waals surface area (Å²) in [4.78, 5) is 3.70. The lowest BCUT2D eigenvalue weighted by Gasteiger charge is -2.18. The number of fused-ring (bicyclic) bond motifs is 2. The van der Waals surface area contributed by atoms with Gasteiger partial charge in [-0.2, -0.15) is 4.57 Å². The highest BCUT2D eigenvalue weighted by Crippen LogP contribution is 2.45. The fraction of sp³-hybridized carbons (Fsp3) is 0.222. The predicted molar refractivity (Wildman–Crippen MR) is 137 cm³/mol. The molecule has 0 unspecified atom stereocenters. The third-order valence-corrected chi connectivity index (χ3v) is 7.96. The van der Waals surface area contributed by atoms with E-state index in [-0.39, 0.29) is 0 Å². The zero-order valence-electron chi connectivity index (χ0n) is 18.5. The molecule has 162 valence electrons. The monoisotopic (exact) mass is 459 g/mol. The molecule has 2 aliphatic rings. The van der Waals surface area contributed by atoms with Crippen LogP contribution in [-0.4, -0.2) is 19.8 Å². The molecule has 0 radical (unpaired) electrons. The molecule has 0 bridgehead atoms. The minimum atomic E-state index is 0.655. The molecule has 5 heteroatoms. The average Bonchev–Trinajstić information content (AvgIpc) is 3.38. The number of rotatable bonds is 5. The van der Waals surface area contributed by atoms with Gasteiger partial charge in [0, 0.05) is 23.6 Å². The van der Waals surface area contributed by atoms with Crippen LogP contribution in [0.2, 0.25) is 0 Å². The quantitative estimate of drug-likeness (QED) is 0.401. The summed E-state index contributed by atoms with van der Waals surface area (Å²) in [7, 11) is 0. The number of thiazole rings is 1. The van der Waals surface area contributed by atoms with Gasteiger partial charge in [0.25, 0.3) is 5.01 Å². The first-order valence-corrected chi connectivity index (χ1v) is 12.7. The maximum absolute atomic E-state index is 5.89. The number of allylic oxidation sites excluding steroid dienone is 2. The Morgan fingerprint density at radius 3 is 2.72 bits per heavy atom. The van der Waals surface area contributed by atoms with E-state index in [1.54, 1.807) is 0 Å². The minimum Gasteiger partial charge on any atom is -0.372 e. The van der Waals surface area contributed by atoms with Crippen LogP contribution in [0.1, 0.15) is 18.9 Å². The molecule has 0 spiro atoms. The van der Waals surface area contributed by atoms with Crippen LogP contribution in [0.5, 0.6) is 0 Å². The van der Waals surface area contributed by atoms with Crippen LogP contribution in [0.3, 0.4) is 0 Å². The van der Waals surface area contributed by atoms with Crippen molar-refractivity contribution < 1.29 is 9.30 Å². The molecular formula is C27H27N2OS2+. The van der Waals surface area contributed by atoms with Crippen molar-refractivity contribution in [3.05, 3.63) is 94.0 Å². The number of benzene rings is 2. The highest BCUT2D eigenvalue weighted by molar-refractivity contribution is 8.03. The van der Waals surface area contributed by atoms with Crippen molar-refractivity contribution in [1.82, 2.24) is 0 Å². The summed E-state index contributed by atoms with van der Waals surface area (Å²) in [5.74, 6) is 0. The highest BCUT2D eigenvalue weighted by Gasteiger charge is 2.22. The van der Waals surface area contributed by atoms with E-state index in [9.17, 15) is 0 Å². The number of ether oxygens (including phenoxy) is 1. The van der Waals surface area contributed by atoms with Crippen molar-refractivity contribution in [3.8, 4) is 0 Å². The van der Waals surface area contributed by atoms with Gasteiger partial charge in [0.1, 0.15) is 11.2 Å². The van der Waals surface area contributed by atoms with Crippen LogP contribution < -0.4 is 9.47 Å². The number of nitrogens with zero attached hydrogens (tertiary/aromatic N) is 2. The first-order chi connectivity index (χ1) is 15.8. The van der Waals surface area contributed by atoms with E-state index in [1.807, 2.05) is 23.1 Å². The Labute approximate surface area is 198 Å². The molecule has 0 atom stereocenters. The molecule has 2 aromatic carbocycles. The van der Waals surface area contributed by atoms with Gasteiger partial charge in [0.2, 0.25) is 5.52 Å². The van der Waals surface area contributed by atoms with Crippen LogP contribution in [0.25, 0.3) is 16.3 Å². The van der Waals surface area contributed by atoms with E-state index >= 15 is 0 Å². The first kappa shape index (κ1) is 21.3. The average molecular weight is 460 g/mol. The van der Waals surface area contributed by atoms with Gasteiger partial charge >= 0.3 is 0 Å². The Morgan fingerprint density at radius 1 is 1.00 bits per heavy atom. The number of hydrogen-bond donors (Lipinski definition) is 0. The molecular weight excluding hydrogens is 432 g/mol. The van der Waals surface area contributed by atoms with Crippen molar-refractivity contribution in [1.29, 1.82) is 0 Å². The van der Waals surface area contributed by atoms with Gasteiger partial charge in [-0.05, 0) is 55.3 Å². The molecule has 0 fully saturated rings. The predicted octanol–water partition coefficient (Wildman–Crippen LogP) is 6.58. The Hall–Kier alpha value is -2.60. The SMILES string of the molecule is CCN1C(=CC=C2C=C(C=Cc3sc4ccccc4[n+]3CC)COC2)Sc2ccccc21. The van der Waals surface area contributed by atoms with Crippen LogP contribution in [-0.2, 0) is 11.3 Å². The Balaban J connectivity index is 1.37. The maximum Gasteiger partial charge on any atom is 0.262 e. The van der Waals surface area contributed by atoms with E-state index in [0.717, 1.165) is 13.1 Å². The van der Waals surface area contributed by atoms with E-state index in [1.165, 1.54) is 42.0 Å². The summed E-state index contributed by atoms with van der Waals surface area (Å²) in [6, 6.07) is 17.2. The summed E-state index contributed by atoms with van der Waals surface area (Å²) < 4.78 is 9.58. The third kappa shape index (κ3) is 4.20. The number of anilines is 1. The summed E-state index contributed by atoms with van der Waals surface area (Å²) in [6.07, 6.45) is 11.1. The normalized spacial score (nSPS) is 18.8. The second-order valence-electron chi connectivity index (χ2n) is 7.76. The second-order valence-corrected chi connectivity index (χ2v) is 9.88. The van der Waals surface area contributed by atoms with Crippen LogP contribution >= 0.6 is 23.1 Å². The number of thioether (sulfide) groups is 1. The lowest BCUT2D eigenvalue weighted by Crippen LogP contribution is -2.33. The van der Waals surface area contributed by atoms with Crippen molar-refractivity contribution in [2.75, 3.05) is 24.7 Å². The number of hydrogen-bond acceptors (Lipinski definition) is 4. The molecule has 0 aliphatic carbocycles. The van der Waals surface area contributed by atoms with Gasteiger partial charge < -0.3 is 9.64 Å². The van der Waals surface area contributed by atoms with Crippen molar-refractivity contribution in [2.45, 2.75) is 25.3 Å². The summed E-state index contributed by atoms with van der Waals surface area (Å²) in [5, 5.41) is 2.54. The number of aryl methyl sites for hydroxylation is 1. The lowest BCUT2D eigenvalue weighted by atomic mass is 10.1. The maximum atomic E-state index is 5.89. The van der Waals surface area contributed by atoms with Gasteiger partial charge in [-0.1, -0.05) is 59.5 Å². The van der Waals surface area contributed by atoms with Gasteiger partial charge in [-0.25, -0.2) is 0 Å². The minimum absolute atomic E-state index is 0.655. The second kappa shape index (κ2) is 9.49. The number of aromatic nitrogens is 1. The molecule has 32 heavy (non-hydrogen) atoms. The fourth-order valence-electron chi connectivity index (χ4n) is 4.16. The zero-order chi connectivity index (χ0) is 21.9. The van der Waals surface area contributed by atoms with E-state index in [2.05, 4.69) is 102 Å². The molecule has 2 aliphatic heterocycles. The van der Waals surface area contributed by atoms with Crippen LogP contribution in [0.4, 0.5) is 5.69 Å². The molecule has 3 aromatic rings. The smallest absolute Gasteiger partial charge is 0.262 e. The number of para-hydroxylation sites is 2. The lowest BCUT2D eigenvalue weighted by molar-refractivity contribution is -0.665. The molecule has 3 heterocycles. The molecule has 0 saturated carbocycles. The van der Waals surface area contributed by atoms with Crippen molar-refractivity contribution in [3.63, 3.8) is 0 Å². The Kier molecular flexibility index (Phi) is 6.30. The van der Waals surface area contributed by atoms with E-state index < -0.39 is 0 Å². The Morgan fingerprint density at radius 2 is 1.84 bits per heavy atom. The summed E-state index contributed by atoms with van der Waals surface area (Å²) in [5.41, 5.74) is 5.01. The van der Waals surface area contributed by atoms with Gasteiger partial charge in [0.05, 0.1) is 23.9 Å². The molecule has 0 saturated heterocycles. The molecule has 0 N–H and O–H groups in total. The molecule has 0 amide bonds. The molecule has 3 nitrogen and oxygen atoms in total. The topological polar surface area (TPSA) is 16.4 Å². The summed E-state index contributed by atoms with van der Waals surface area (Å²) >= 11 is 3.67. The van der Waals surface area contributed by atoms with Gasteiger partial charge in [0.15, 0.2) is 0 Å². The van der Waals surface area contributed by atoms with Crippen molar-refractivity contribution in [2.24, 2.45) is 0 Å². The third-order valence-electron chi connectivity index (χ3n) is 5.69. The van der Waals surface area contributed by atoms with E-state index in [4.69, 9.17) is 4.74 Å². The van der Waals surface area contributed by atoms with E-state index in [0.29, 0.717) is 13.2 Å². The van der Waals surface area contributed by atoms with Crippen molar-refractivity contribution >= 4 is 45.1 Å². The molecule has 5 rings (SSSR count).